The first-order chi connectivity index (χ1) is 11.3. The molecule has 1 spiro atoms. The minimum absolute atomic E-state index is 0.0640. The van der Waals surface area contributed by atoms with Gasteiger partial charge in [0.2, 0.25) is 0 Å². The van der Waals surface area contributed by atoms with Crippen molar-refractivity contribution in [3.8, 4) is 0 Å². The number of nitrogens with zero attached hydrogens (tertiary/aromatic N) is 1. The summed E-state index contributed by atoms with van der Waals surface area (Å²) >= 11 is 1.45. The van der Waals surface area contributed by atoms with Crippen LogP contribution in [-0.4, -0.2) is 43.7 Å². The number of thiazole rings is 1. The van der Waals surface area contributed by atoms with E-state index >= 15 is 0 Å². The molecule has 2 aliphatic heterocycles. The molecule has 3 heterocycles. The zero-order valence-corrected chi connectivity index (χ0v) is 13.8. The molecule has 6 heteroatoms. The van der Waals surface area contributed by atoms with Crippen molar-refractivity contribution in [2.45, 2.75) is 12.8 Å². The van der Waals surface area contributed by atoms with Gasteiger partial charge in [0.1, 0.15) is 0 Å². The summed E-state index contributed by atoms with van der Waals surface area (Å²) in [5, 5.41) is 7.09. The Balaban J connectivity index is 1.44. The Morgan fingerprint density at radius 2 is 2.35 bits per heavy atom. The van der Waals surface area contributed by atoms with Crippen LogP contribution in [0.4, 0.5) is 0 Å². The molecule has 4 rings (SSSR count). The van der Waals surface area contributed by atoms with E-state index < -0.39 is 0 Å². The van der Waals surface area contributed by atoms with Crippen LogP contribution in [0, 0.1) is 11.3 Å². The summed E-state index contributed by atoms with van der Waals surface area (Å²) in [6.45, 7) is 4.36. The molecule has 122 valence electrons. The lowest BCUT2D eigenvalue weighted by atomic mass is 9.70. The van der Waals surface area contributed by atoms with Crippen molar-refractivity contribution in [3.05, 3.63) is 29.3 Å². The highest BCUT2D eigenvalue weighted by molar-refractivity contribution is 7.20. The highest BCUT2D eigenvalue weighted by Gasteiger charge is 2.43. The van der Waals surface area contributed by atoms with Crippen LogP contribution < -0.4 is 10.6 Å². The van der Waals surface area contributed by atoms with Gasteiger partial charge in [-0.1, -0.05) is 12.1 Å². The highest BCUT2D eigenvalue weighted by Crippen LogP contribution is 2.41. The number of hydrogen-bond donors (Lipinski definition) is 2. The number of rotatable bonds is 3. The SMILES string of the molecule is O=C(NCC1CNCCC12CCOC2)c1nc2ccccc2s1. The topological polar surface area (TPSA) is 63.2 Å². The van der Waals surface area contributed by atoms with Crippen molar-refractivity contribution in [1.29, 1.82) is 0 Å². The molecular weight excluding hydrogens is 310 g/mol. The Bertz CT molecular complexity index is 676. The van der Waals surface area contributed by atoms with E-state index in [4.69, 9.17) is 4.74 Å². The van der Waals surface area contributed by atoms with Crippen LogP contribution in [0.2, 0.25) is 0 Å². The van der Waals surface area contributed by atoms with Crippen LogP contribution in [0.25, 0.3) is 10.2 Å². The van der Waals surface area contributed by atoms with Crippen molar-refractivity contribution in [1.82, 2.24) is 15.6 Å². The van der Waals surface area contributed by atoms with Crippen LogP contribution >= 0.6 is 11.3 Å². The van der Waals surface area contributed by atoms with Crippen molar-refractivity contribution < 1.29 is 9.53 Å². The van der Waals surface area contributed by atoms with Crippen LogP contribution in [0.15, 0.2) is 24.3 Å². The average molecular weight is 331 g/mol. The van der Waals surface area contributed by atoms with Crippen LogP contribution in [-0.2, 0) is 4.74 Å². The summed E-state index contributed by atoms with van der Waals surface area (Å²) < 4.78 is 6.70. The third-order valence-corrected chi connectivity index (χ3v) is 6.22. The second kappa shape index (κ2) is 6.19. The number of amides is 1. The van der Waals surface area contributed by atoms with Gasteiger partial charge in [-0.25, -0.2) is 4.98 Å². The molecule has 2 fully saturated rings. The smallest absolute Gasteiger partial charge is 0.280 e. The number of carbonyl (C=O) groups excluding carboxylic acids is 1. The summed E-state index contributed by atoms with van der Waals surface area (Å²) in [6.07, 6.45) is 2.24. The summed E-state index contributed by atoms with van der Waals surface area (Å²) in [5.74, 6) is 0.364. The standard InChI is InChI=1S/C17H21N3O2S/c21-15(16-20-13-3-1-2-4-14(13)23-16)19-10-12-9-18-7-5-17(12)6-8-22-11-17/h1-4,12,18H,5-11H2,(H,19,21). The number of hydrogen-bond acceptors (Lipinski definition) is 5. The zero-order chi connectivity index (χ0) is 15.7. The minimum atomic E-state index is -0.0640. The molecule has 5 nitrogen and oxygen atoms in total. The van der Waals surface area contributed by atoms with E-state index in [2.05, 4.69) is 15.6 Å². The lowest BCUT2D eigenvalue weighted by molar-refractivity contribution is 0.0712. The molecule has 0 aliphatic carbocycles. The first-order valence-electron chi connectivity index (χ1n) is 8.19. The van der Waals surface area contributed by atoms with Gasteiger partial charge in [-0.05, 0) is 37.4 Å². The fourth-order valence-corrected chi connectivity index (χ4v) is 4.61. The van der Waals surface area contributed by atoms with Gasteiger partial charge in [0, 0.05) is 25.1 Å². The van der Waals surface area contributed by atoms with Gasteiger partial charge in [-0.3, -0.25) is 4.79 Å². The normalized spacial score (nSPS) is 27.6. The quantitative estimate of drug-likeness (QED) is 0.903. The lowest BCUT2D eigenvalue weighted by Gasteiger charge is -2.40. The molecular formula is C17H21N3O2S. The maximum atomic E-state index is 12.4. The minimum Gasteiger partial charge on any atom is -0.381 e. The van der Waals surface area contributed by atoms with Gasteiger partial charge < -0.3 is 15.4 Å². The lowest BCUT2D eigenvalue weighted by Crippen LogP contribution is -2.50. The summed E-state index contributed by atoms with van der Waals surface area (Å²) in [7, 11) is 0. The second-order valence-electron chi connectivity index (χ2n) is 6.51. The third-order valence-electron chi connectivity index (χ3n) is 5.19. The Kier molecular flexibility index (Phi) is 4.05. The van der Waals surface area contributed by atoms with Crippen LogP contribution in [0.5, 0.6) is 0 Å². The Morgan fingerprint density at radius 3 is 3.17 bits per heavy atom. The number of ether oxygens (including phenoxy) is 1. The van der Waals surface area contributed by atoms with E-state index in [0.717, 1.165) is 49.4 Å². The number of fused-ring (bicyclic) bond motifs is 1. The highest BCUT2D eigenvalue weighted by atomic mass is 32.1. The Labute approximate surface area is 139 Å². The maximum absolute atomic E-state index is 12.4. The van der Waals surface area contributed by atoms with E-state index in [-0.39, 0.29) is 11.3 Å². The van der Waals surface area contributed by atoms with E-state index in [9.17, 15) is 4.79 Å². The van der Waals surface area contributed by atoms with Gasteiger partial charge in [-0.2, -0.15) is 0 Å². The molecule has 2 N–H and O–H groups in total. The van der Waals surface area contributed by atoms with E-state index in [1.54, 1.807) is 0 Å². The number of nitrogens with one attached hydrogen (secondary N) is 2. The zero-order valence-electron chi connectivity index (χ0n) is 13.0. The van der Waals surface area contributed by atoms with E-state index in [1.807, 2.05) is 24.3 Å². The van der Waals surface area contributed by atoms with E-state index in [1.165, 1.54) is 11.3 Å². The molecule has 1 amide bonds. The Morgan fingerprint density at radius 1 is 1.43 bits per heavy atom. The fourth-order valence-electron chi connectivity index (χ4n) is 3.73. The number of aromatic nitrogens is 1. The summed E-state index contributed by atoms with van der Waals surface area (Å²) in [5.41, 5.74) is 1.13. The molecule has 2 saturated heterocycles. The first kappa shape index (κ1) is 15.1. The number of para-hydroxylation sites is 1. The average Bonchev–Trinajstić information content (AvgIpc) is 3.21. The molecule has 0 saturated carbocycles. The van der Waals surface area contributed by atoms with Gasteiger partial charge in [-0.15, -0.1) is 11.3 Å². The molecule has 1 aromatic heterocycles. The largest absolute Gasteiger partial charge is 0.381 e. The molecule has 2 unspecified atom stereocenters. The molecule has 2 aromatic rings. The Hall–Kier alpha value is -1.50. The number of piperidine rings is 1. The second-order valence-corrected chi connectivity index (χ2v) is 7.54. The number of benzene rings is 1. The predicted molar refractivity (Wildman–Crippen MR) is 90.8 cm³/mol. The van der Waals surface area contributed by atoms with Gasteiger partial charge >= 0.3 is 0 Å². The first-order valence-corrected chi connectivity index (χ1v) is 9.01. The molecule has 2 aliphatic rings. The third kappa shape index (κ3) is 2.86. The van der Waals surface area contributed by atoms with Crippen LogP contribution in [0.1, 0.15) is 22.6 Å². The monoisotopic (exact) mass is 331 g/mol. The maximum Gasteiger partial charge on any atom is 0.280 e. The molecule has 2 atom stereocenters. The summed E-state index contributed by atoms with van der Waals surface area (Å²) in [4.78, 5) is 16.9. The van der Waals surface area contributed by atoms with Gasteiger partial charge in [0.05, 0.1) is 16.8 Å². The van der Waals surface area contributed by atoms with Gasteiger partial charge in [0.15, 0.2) is 5.01 Å². The fraction of sp³-hybridized carbons (Fsp3) is 0.529. The molecule has 0 radical (unpaired) electrons. The molecule has 0 bridgehead atoms. The van der Waals surface area contributed by atoms with E-state index in [0.29, 0.717) is 17.5 Å². The summed E-state index contributed by atoms with van der Waals surface area (Å²) in [6, 6.07) is 7.86. The van der Waals surface area contributed by atoms with Gasteiger partial charge in [0.25, 0.3) is 5.91 Å². The van der Waals surface area contributed by atoms with Crippen molar-refractivity contribution in [2.75, 3.05) is 32.8 Å². The van der Waals surface area contributed by atoms with Crippen molar-refractivity contribution in [2.24, 2.45) is 11.3 Å². The predicted octanol–water partition coefficient (Wildman–Crippen LogP) is 2.04. The number of carbonyl (C=O) groups is 1. The van der Waals surface area contributed by atoms with Crippen molar-refractivity contribution in [3.63, 3.8) is 0 Å². The molecule has 1 aromatic carbocycles. The van der Waals surface area contributed by atoms with Crippen molar-refractivity contribution >= 4 is 27.5 Å². The molecule has 23 heavy (non-hydrogen) atoms. The van der Waals surface area contributed by atoms with Crippen LogP contribution in [0.3, 0.4) is 0 Å².